The van der Waals surface area contributed by atoms with Crippen molar-refractivity contribution in [1.29, 1.82) is 0 Å². The SMILES string of the molecule is Nc1cccc(NC(=O)CCCCCC(=O)Nc2cccc(N)c2)c1. The number of amides is 2. The minimum absolute atomic E-state index is 0.0465. The molecule has 132 valence electrons. The Bertz CT molecular complexity index is 669. The number of carbonyl (C=O) groups excluding carboxylic acids is 2. The summed E-state index contributed by atoms with van der Waals surface area (Å²) in [7, 11) is 0. The van der Waals surface area contributed by atoms with Crippen molar-refractivity contribution >= 4 is 34.6 Å². The van der Waals surface area contributed by atoms with Crippen LogP contribution in [0.25, 0.3) is 0 Å². The molecule has 0 spiro atoms. The second kappa shape index (κ2) is 9.32. The average molecular weight is 340 g/mol. The molecule has 2 rings (SSSR count). The maximum Gasteiger partial charge on any atom is 0.224 e. The van der Waals surface area contributed by atoms with E-state index in [4.69, 9.17) is 11.5 Å². The fourth-order valence-corrected chi connectivity index (χ4v) is 2.43. The van der Waals surface area contributed by atoms with Crippen LogP contribution in [0.1, 0.15) is 32.1 Å². The molecule has 0 radical (unpaired) electrons. The van der Waals surface area contributed by atoms with Crippen molar-refractivity contribution < 1.29 is 9.59 Å². The van der Waals surface area contributed by atoms with Gasteiger partial charge in [-0.3, -0.25) is 9.59 Å². The van der Waals surface area contributed by atoms with Crippen molar-refractivity contribution in [3.05, 3.63) is 48.5 Å². The molecule has 2 amide bonds. The molecule has 0 aliphatic heterocycles. The molecule has 0 aliphatic carbocycles. The lowest BCUT2D eigenvalue weighted by molar-refractivity contribution is -0.116. The summed E-state index contributed by atoms with van der Waals surface area (Å²) in [4.78, 5) is 23.7. The van der Waals surface area contributed by atoms with E-state index in [1.54, 1.807) is 48.5 Å². The van der Waals surface area contributed by atoms with E-state index in [1.165, 1.54) is 0 Å². The van der Waals surface area contributed by atoms with E-state index in [9.17, 15) is 9.59 Å². The lowest BCUT2D eigenvalue weighted by Crippen LogP contribution is -2.12. The van der Waals surface area contributed by atoms with Crippen molar-refractivity contribution in [3.63, 3.8) is 0 Å². The van der Waals surface area contributed by atoms with E-state index in [0.717, 1.165) is 19.3 Å². The first-order chi connectivity index (χ1) is 12.0. The lowest BCUT2D eigenvalue weighted by Gasteiger charge is -2.07. The van der Waals surface area contributed by atoms with Gasteiger partial charge < -0.3 is 22.1 Å². The zero-order valence-corrected chi connectivity index (χ0v) is 14.1. The van der Waals surface area contributed by atoms with Crippen molar-refractivity contribution in [2.75, 3.05) is 22.1 Å². The van der Waals surface area contributed by atoms with Crippen molar-refractivity contribution in [2.45, 2.75) is 32.1 Å². The number of hydrogen-bond acceptors (Lipinski definition) is 4. The van der Waals surface area contributed by atoms with Gasteiger partial charge >= 0.3 is 0 Å². The predicted octanol–water partition coefficient (Wildman–Crippen LogP) is 3.38. The second-order valence-corrected chi connectivity index (χ2v) is 5.91. The average Bonchev–Trinajstić information content (AvgIpc) is 2.54. The molecule has 2 aromatic carbocycles. The first-order valence-corrected chi connectivity index (χ1v) is 8.34. The minimum Gasteiger partial charge on any atom is -0.399 e. The maximum absolute atomic E-state index is 11.9. The third-order valence-corrected chi connectivity index (χ3v) is 3.65. The second-order valence-electron chi connectivity index (χ2n) is 5.91. The van der Waals surface area contributed by atoms with Crippen LogP contribution in [0.4, 0.5) is 22.7 Å². The van der Waals surface area contributed by atoms with Gasteiger partial charge in [-0.15, -0.1) is 0 Å². The van der Waals surface area contributed by atoms with Crippen LogP contribution in [-0.2, 0) is 9.59 Å². The fraction of sp³-hybridized carbons (Fsp3) is 0.263. The molecule has 0 unspecified atom stereocenters. The molecular formula is C19H24N4O2. The number of carbonyl (C=O) groups is 2. The molecule has 0 heterocycles. The van der Waals surface area contributed by atoms with Gasteiger partial charge in [-0.2, -0.15) is 0 Å². The monoisotopic (exact) mass is 340 g/mol. The van der Waals surface area contributed by atoms with Crippen LogP contribution in [0, 0.1) is 0 Å². The Morgan fingerprint density at radius 3 is 1.56 bits per heavy atom. The Balaban J connectivity index is 1.59. The van der Waals surface area contributed by atoms with Crippen molar-refractivity contribution in [3.8, 4) is 0 Å². The quantitative estimate of drug-likeness (QED) is 0.436. The normalized spacial score (nSPS) is 10.2. The van der Waals surface area contributed by atoms with Crippen LogP contribution in [-0.4, -0.2) is 11.8 Å². The van der Waals surface area contributed by atoms with Gasteiger partial charge in [0.05, 0.1) is 0 Å². The molecule has 2 aromatic rings. The molecule has 0 fully saturated rings. The molecule has 0 bridgehead atoms. The summed E-state index contributed by atoms with van der Waals surface area (Å²) in [6, 6.07) is 14.2. The van der Waals surface area contributed by atoms with Crippen LogP contribution < -0.4 is 22.1 Å². The van der Waals surface area contributed by atoms with Crippen LogP contribution in [0.2, 0.25) is 0 Å². The van der Waals surface area contributed by atoms with Gasteiger partial charge in [-0.25, -0.2) is 0 Å². The number of unbranched alkanes of at least 4 members (excludes halogenated alkanes) is 2. The molecule has 6 nitrogen and oxygen atoms in total. The number of anilines is 4. The van der Waals surface area contributed by atoms with E-state index < -0.39 is 0 Å². The number of rotatable bonds is 8. The lowest BCUT2D eigenvalue weighted by atomic mass is 10.1. The van der Waals surface area contributed by atoms with Crippen LogP contribution in [0.3, 0.4) is 0 Å². The first kappa shape index (κ1) is 18.3. The molecule has 0 saturated carbocycles. The minimum atomic E-state index is -0.0465. The summed E-state index contributed by atoms with van der Waals surface area (Å²) >= 11 is 0. The Morgan fingerprint density at radius 1 is 0.720 bits per heavy atom. The highest BCUT2D eigenvalue weighted by Gasteiger charge is 2.05. The first-order valence-electron chi connectivity index (χ1n) is 8.34. The van der Waals surface area contributed by atoms with Gasteiger partial charge in [-0.1, -0.05) is 18.6 Å². The van der Waals surface area contributed by atoms with Gasteiger partial charge in [-0.05, 0) is 49.2 Å². The molecule has 25 heavy (non-hydrogen) atoms. The summed E-state index contributed by atoms with van der Waals surface area (Å²) in [5.74, 6) is -0.0929. The molecule has 6 N–H and O–H groups in total. The largest absolute Gasteiger partial charge is 0.399 e. The summed E-state index contributed by atoms with van der Waals surface area (Å²) in [6.07, 6.45) is 3.13. The number of nitrogens with two attached hydrogens (primary N) is 2. The molecule has 0 aromatic heterocycles. The third-order valence-electron chi connectivity index (χ3n) is 3.65. The van der Waals surface area contributed by atoms with Gasteiger partial charge in [0.1, 0.15) is 0 Å². The Morgan fingerprint density at radius 2 is 1.16 bits per heavy atom. The van der Waals surface area contributed by atoms with Crippen molar-refractivity contribution in [2.24, 2.45) is 0 Å². The smallest absolute Gasteiger partial charge is 0.224 e. The molecule has 6 heteroatoms. The summed E-state index contributed by atoms with van der Waals surface area (Å²) in [5.41, 5.74) is 14.0. The maximum atomic E-state index is 11.9. The molecular weight excluding hydrogens is 316 g/mol. The summed E-state index contributed by atoms with van der Waals surface area (Å²) < 4.78 is 0. The van der Waals surface area contributed by atoms with Gasteiger partial charge in [0.2, 0.25) is 11.8 Å². The predicted molar refractivity (Wildman–Crippen MR) is 102 cm³/mol. The number of nitrogens with one attached hydrogen (secondary N) is 2. The molecule has 0 saturated heterocycles. The fourth-order valence-electron chi connectivity index (χ4n) is 2.43. The van der Waals surface area contributed by atoms with E-state index in [1.807, 2.05) is 0 Å². The molecule has 0 atom stereocenters. The number of hydrogen-bond donors (Lipinski definition) is 4. The summed E-state index contributed by atoms with van der Waals surface area (Å²) in [5, 5.41) is 5.62. The van der Waals surface area contributed by atoms with E-state index in [2.05, 4.69) is 10.6 Å². The Labute approximate surface area is 147 Å². The van der Waals surface area contributed by atoms with Gasteiger partial charge in [0.25, 0.3) is 0 Å². The number of nitrogen functional groups attached to an aromatic ring is 2. The molecule has 0 aliphatic rings. The third kappa shape index (κ3) is 6.95. The zero-order chi connectivity index (χ0) is 18.1. The highest BCUT2D eigenvalue weighted by atomic mass is 16.2. The van der Waals surface area contributed by atoms with Gasteiger partial charge in [0, 0.05) is 35.6 Å². The topological polar surface area (TPSA) is 110 Å². The zero-order valence-electron chi connectivity index (χ0n) is 14.1. The highest BCUT2D eigenvalue weighted by Crippen LogP contribution is 2.14. The Hall–Kier alpha value is -3.02. The van der Waals surface area contributed by atoms with E-state index >= 15 is 0 Å². The van der Waals surface area contributed by atoms with Crippen LogP contribution >= 0.6 is 0 Å². The summed E-state index contributed by atoms with van der Waals surface area (Å²) in [6.45, 7) is 0. The standard InChI is InChI=1S/C19H24N4O2/c20-14-6-4-8-16(12-14)22-18(24)10-2-1-3-11-19(25)23-17-9-5-7-15(21)13-17/h4-9,12-13H,1-3,10-11,20-21H2,(H,22,24)(H,23,25). The van der Waals surface area contributed by atoms with E-state index in [0.29, 0.717) is 35.6 Å². The van der Waals surface area contributed by atoms with Crippen LogP contribution in [0.15, 0.2) is 48.5 Å². The number of benzene rings is 2. The van der Waals surface area contributed by atoms with Crippen LogP contribution in [0.5, 0.6) is 0 Å². The van der Waals surface area contributed by atoms with E-state index in [-0.39, 0.29) is 11.8 Å². The Kier molecular flexibility index (Phi) is 6.83. The highest BCUT2D eigenvalue weighted by molar-refractivity contribution is 5.91. The van der Waals surface area contributed by atoms with Crippen molar-refractivity contribution in [1.82, 2.24) is 0 Å². The van der Waals surface area contributed by atoms with Gasteiger partial charge in [0.15, 0.2) is 0 Å².